The summed E-state index contributed by atoms with van der Waals surface area (Å²) in [5, 5.41) is 37.0. The van der Waals surface area contributed by atoms with Crippen molar-refractivity contribution in [2.24, 2.45) is 16.8 Å². The second kappa shape index (κ2) is 36.8. The Morgan fingerprint density at radius 3 is 1.55 bits per heavy atom. The monoisotopic (exact) mass is 1170 g/mol. The van der Waals surface area contributed by atoms with Crippen molar-refractivity contribution in [3.05, 3.63) is 143 Å². The number of benzene rings is 4. The van der Waals surface area contributed by atoms with Crippen LogP contribution in [0.3, 0.4) is 0 Å². The molecule has 0 aliphatic carbocycles. The fourth-order valence-electron chi connectivity index (χ4n) is 9.43. The number of likely N-dealkylation sites (N-methyl/N-ethyl adjacent to an activating group) is 1. The molecule has 462 valence electrons. The van der Waals surface area contributed by atoms with Crippen LogP contribution in [-0.2, 0) is 59.8 Å². The highest BCUT2D eigenvalue weighted by Gasteiger charge is 2.38. The van der Waals surface area contributed by atoms with E-state index in [4.69, 9.17) is 14.5 Å². The van der Waals surface area contributed by atoms with Gasteiger partial charge in [0.05, 0.1) is 26.4 Å². The average molecular weight is 1170 g/mol. The molecule has 0 heterocycles. The molecule has 4 aromatic carbocycles. The third-order valence-electron chi connectivity index (χ3n) is 14.4. The van der Waals surface area contributed by atoms with E-state index in [-0.39, 0.29) is 57.3 Å². The molecule has 4 aromatic rings. The number of ether oxygens (including phenoxy) is 2. The molecule has 0 fully saturated rings. The summed E-state index contributed by atoms with van der Waals surface area (Å²) in [6, 6.07) is 27.7. The van der Waals surface area contributed by atoms with Crippen LogP contribution < -0.4 is 47.6 Å². The summed E-state index contributed by atoms with van der Waals surface area (Å²) in [6.45, 7) is 15.8. The maximum atomic E-state index is 14.9. The number of hydrogen-bond donors (Lipinski definition) is 8. The van der Waals surface area contributed by atoms with Crippen LogP contribution in [-0.4, -0.2) is 136 Å². The number of amides is 7. The SMILES string of the molecule is CCC(=O)N[C@@H](CC(C)C)C(=O)N[C@@H](CC)C(=O)N[C@@H](Cc1ccc(C)cc1)C(=O)N[C@H](C(=O)N[C@@H](CCC([O-])=NC(c1ccccc1)(c1ccccc1)c1ccccc1)C(=O)N[C@@H](CC(C)=O)C(=O)NCCOCCOCCNC)C(C)CC. The number of Topliss-reactive ketones (excluding diaryl/α,β-unsaturated/α-hetero) is 1. The van der Waals surface area contributed by atoms with Gasteiger partial charge < -0.3 is 57.1 Å². The summed E-state index contributed by atoms with van der Waals surface area (Å²) in [4.78, 5) is 116. The Morgan fingerprint density at radius 2 is 1.05 bits per heavy atom. The normalized spacial score (nSPS) is 14.1. The number of aliphatic imine (C=N–C) groups is 1. The van der Waals surface area contributed by atoms with Gasteiger partial charge in [-0.1, -0.05) is 169 Å². The maximum Gasteiger partial charge on any atom is 0.243 e. The van der Waals surface area contributed by atoms with Gasteiger partial charge in [-0.2, -0.15) is 0 Å². The molecule has 0 bridgehead atoms. The van der Waals surface area contributed by atoms with Crippen LogP contribution in [0.25, 0.3) is 0 Å². The van der Waals surface area contributed by atoms with Crippen LogP contribution in [0.5, 0.6) is 0 Å². The van der Waals surface area contributed by atoms with Crippen molar-refractivity contribution in [2.45, 2.75) is 149 Å². The van der Waals surface area contributed by atoms with Crippen LogP contribution in [0.15, 0.2) is 120 Å². The zero-order valence-electron chi connectivity index (χ0n) is 50.9. The number of rotatable bonds is 38. The number of carbonyl (C=O) groups excluding carboxylic acids is 8. The molecule has 20 heteroatoms. The zero-order valence-corrected chi connectivity index (χ0v) is 50.9. The lowest BCUT2D eigenvalue weighted by atomic mass is 9.77. The summed E-state index contributed by atoms with van der Waals surface area (Å²) < 4.78 is 11.1. The lowest BCUT2D eigenvalue weighted by Crippen LogP contribution is -2.61. The topological polar surface area (TPSA) is 287 Å². The van der Waals surface area contributed by atoms with Crippen molar-refractivity contribution in [2.75, 3.05) is 46.6 Å². The van der Waals surface area contributed by atoms with Gasteiger partial charge >= 0.3 is 0 Å². The molecule has 0 aliphatic heterocycles. The second-order valence-electron chi connectivity index (χ2n) is 21.7. The third kappa shape index (κ3) is 22.9. The minimum Gasteiger partial charge on any atom is -0.862 e. The molecule has 20 nitrogen and oxygen atoms in total. The standard InChI is InChI=1S/C65H91N9O11/c1-10-45(7)58(73-63(82)55(42-47-30-28-44(6)29-31-47)72-60(79)51(11-2)69-62(81)53(40-43(4)5)68-56(76)12-3)64(83)70-52(61(80)71-54(41-46(8)75)59(78)67-35-37-85-39-38-84-36-34-66-9)32-33-57(77)74-65(48-22-16-13-17-23-48,49-24-18-14-19-25-49)50-26-20-15-21-27-50/h13-31,43,45,51-55,58,66H,10-12,32-42H2,1-9H3,(H,67,78)(H,68,76)(H,69,81)(H,70,83)(H,71,80)(H,72,79)(H,73,82)(H,74,77)/p-1/t45?,51-,52-,53-,54-,55-,58-/m0/s1. The van der Waals surface area contributed by atoms with Crippen LogP contribution in [0.2, 0.25) is 0 Å². The second-order valence-corrected chi connectivity index (χ2v) is 21.7. The van der Waals surface area contributed by atoms with E-state index >= 15 is 0 Å². The largest absolute Gasteiger partial charge is 0.862 e. The summed E-state index contributed by atoms with van der Waals surface area (Å²) in [5.74, 6) is -6.31. The first-order valence-electron chi connectivity index (χ1n) is 29.6. The molecule has 0 saturated carbocycles. The highest BCUT2D eigenvalue weighted by molar-refractivity contribution is 5.98. The molecule has 1 unspecified atom stereocenters. The van der Waals surface area contributed by atoms with Crippen LogP contribution in [0.4, 0.5) is 0 Å². The molecule has 0 aliphatic rings. The van der Waals surface area contributed by atoms with E-state index in [1.54, 1.807) is 20.8 Å². The van der Waals surface area contributed by atoms with Gasteiger partial charge in [-0.3, -0.25) is 43.3 Å². The van der Waals surface area contributed by atoms with Crippen molar-refractivity contribution in [3.63, 3.8) is 0 Å². The van der Waals surface area contributed by atoms with E-state index < -0.39 is 108 Å². The Morgan fingerprint density at radius 1 is 0.553 bits per heavy atom. The van der Waals surface area contributed by atoms with Gasteiger partial charge in [0.25, 0.3) is 0 Å². The minimum atomic E-state index is -1.54. The Balaban J connectivity index is 1.72. The predicted molar refractivity (Wildman–Crippen MR) is 326 cm³/mol. The number of nitrogens with one attached hydrogen (secondary N) is 8. The molecule has 0 spiro atoms. The Kier molecular flexibility index (Phi) is 30.2. The number of hydrogen-bond acceptors (Lipinski definition) is 13. The van der Waals surface area contributed by atoms with Gasteiger partial charge in [0, 0.05) is 32.4 Å². The number of ketones is 1. The smallest absolute Gasteiger partial charge is 0.243 e. The fraction of sp³-hybridized carbons (Fsp3) is 0.492. The highest BCUT2D eigenvalue weighted by atomic mass is 16.5. The van der Waals surface area contributed by atoms with E-state index in [9.17, 15) is 43.5 Å². The van der Waals surface area contributed by atoms with Gasteiger partial charge in [0.2, 0.25) is 41.4 Å². The molecule has 4 rings (SSSR count). The van der Waals surface area contributed by atoms with Gasteiger partial charge in [0.1, 0.15) is 47.6 Å². The quantitative estimate of drug-likeness (QED) is 0.0135. The molecular weight excluding hydrogens is 1080 g/mol. The average Bonchev–Trinajstić information content (AvgIpc) is 1.22. The molecular formula is C65H90N9O11-. The van der Waals surface area contributed by atoms with E-state index in [0.717, 1.165) is 5.56 Å². The van der Waals surface area contributed by atoms with Crippen molar-refractivity contribution in [1.29, 1.82) is 0 Å². The minimum absolute atomic E-state index is 0.0240. The van der Waals surface area contributed by atoms with Gasteiger partial charge in [-0.15, -0.1) is 0 Å². The summed E-state index contributed by atoms with van der Waals surface area (Å²) in [6.07, 6.45) is -0.210. The fourth-order valence-corrected chi connectivity index (χ4v) is 9.43. The first-order chi connectivity index (χ1) is 40.8. The lowest BCUT2D eigenvalue weighted by molar-refractivity contribution is -0.219. The van der Waals surface area contributed by atoms with Crippen molar-refractivity contribution >= 4 is 53.0 Å². The van der Waals surface area contributed by atoms with Crippen LogP contribution >= 0.6 is 0 Å². The molecule has 7 atom stereocenters. The van der Waals surface area contributed by atoms with Crippen molar-refractivity contribution in [3.8, 4) is 0 Å². The van der Waals surface area contributed by atoms with E-state index in [1.807, 2.05) is 150 Å². The van der Waals surface area contributed by atoms with Crippen LogP contribution in [0.1, 0.15) is 121 Å². The first-order valence-corrected chi connectivity index (χ1v) is 29.6. The molecule has 85 heavy (non-hydrogen) atoms. The Labute approximate surface area is 501 Å². The van der Waals surface area contributed by atoms with Gasteiger partial charge in [-0.05, 0) is 86.6 Å². The maximum absolute atomic E-state index is 14.9. The summed E-state index contributed by atoms with van der Waals surface area (Å²) >= 11 is 0. The van der Waals surface area contributed by atoms with Crippen LogP contribution in [0, 0.1) is 18.8 Å². The number of nitrogens with zero attached hydrogens (tertiary/aromatic N) is 1. The first kappa shape index (κ1) is 69.7. The molecule has 7 amide bonds. The van der Waals surface area contributed by atoms with Crippen molar-refractivity contribution in [1.82, 2.24) is 42.5 Å². The van der Waals surface area contributed by atoms with Crippen molar-refractivity contribution < 1.29 is 52.9 Å². The lowest BCUT2D eigenvalue weighted by Gasteiger charge is -2.34. The third-order valence-corrected chi connectivity index (χ3v) is 14.4. The highest BCUT2D eigenvalue weighted by Crippen LogP contribution is 2.41. The predicted octanol–water partition coefficient (Wildman–Crippen LogP) is 4.24. The molecule has 8 N–H and O–H groups in total. The summed E-state index contributed by atoms with van der Waals surface area (Å²) in [7, 11) is 1.81. The molecule has 0 saturated heterocycles. The molecule has 0 radical (unpaired) electrons. The Hall–Kier alpha value is -7.81. The molecule has 0 aromatic heterocycles. The summed E-state index contributed by atoms with van der Waals surface area (Å²) in [5.41, 5.74) is 2.35. The van der Waals surface area contributed by atoms with E-state index in [0.29, 0.717) is 54.9 Å². The number of carbonyl (C=O) groups is 8. The van der Waals surface area contributed by atoms with Gasteiger partial charge in [0.15, 0.2) is 0 Å². The number of aryl methyl sites for hydroxylation is 1. The zero-order chi connectivity index (χ0) is 62.3. The van der Waals surface area contributed by atoms with E-state index in [2.05, 4.69) is 42.5 Å². The Bertz CT molecular complexity index is 2670. The van der Waals surface area contributed by atoms with Gasteiger partial charge in [-0.25, -0.2) is 0 Å². The van der Waals surface area contributed by atoms with E-state index in [1.165, 1.54) is 6.92 Å².